The molecule has 1 saturated heterocycles. The fourth-order valence-electron chi connectivity index (χ4n) is 3.83. The molecule has 4 heterocycles. The molecule has 3 unspecified atom stereocenters. The molecule has 28 heavy (non-hydrogen) atoms. The van der Waals surface area contributed by atoms with E-state index in [-0.39, 0.29) is 30.9 Å². The molecule has 2 aromatic heterocycles. The van der Waals surface area contributed by atoms with Gasteiger partial charge in [0.25, 0.3) is 11.3 Å². The maximum Gasteiger partial charge on any atom is 0.410 e. The monoisotopic (exact) mass is 457 g/mol. The third kappa shape index (κ3) is 2.91. The van der Waals surface area contributed by atoms with Crippen LogP contribution in [0.3, 0.4) is 0 Å². The number of alkyl halides is 1. The van der Waals surface area contributed by atoms with Crippen LogP contribution in [0.4, 0.5) is 9.18 Å². The molecule has 2 aliphatic rings. The van der Waals surface area contributed by atoms with Gasteiger partial charge in [-0.25, -0.2) is 14.2 Å². The summed E-state index contributed by atoms with van der Waals surface area (Å²) in [6, 6.07) is 0. The average molecular weight is 458 g/mol. The van der Waals surface area contributed by atoms with E-state index in [0.29, 0.717) is 10.4 Å². The van der Waals surface area contributed by atoms with Gasteiger partial charge in [-0.2, -0.15) is 9.50 Å². The van der Waals surface area contributed by atoms with E-state index >= 15 is 4.39 Å². The Morgan fingerprint density at radius 2 is 2.14 bits per heavy atom. The van der Waals surface area contributed by atoms with Crippen LogP contribution in [0.1, 0.15) is 51.5 Å². The van der Waals surface area contributed by atoms with Crippen molar-refractivity contribution in [3.63, 3.8) is 0 Å². The number of nitrogens with zero attached hydrogens (tertiary/aromatic N) is 4. The molecule has 1 N–H and O–H groups in total. The summed E-state index contributed by atoms with van der Waals surface area (Å²) in [5.41, 5.74) is -2.00. The van der Waals surface area contributed by atoms with Crippen LogP contribution in [0.2, 0.25) is 0 Å². The van der Waals surface area contributed by atoms with Crippen LogP contribution in [0.25, 0.3) is 5.78 Å². The second-order valence-electron chi connectivity index (χ2n) is 8.12. The molecular formula is C17H21BrFN5O4. The molecule has 4 rings (SSSR count). The van der Waals surface area contributed by atoms with Crippen molar-refractivity contribution in [2.45, 2.75) is 57.6 Å². The van der Waals surface area contributed by atoms with E-state index in [4.69, 9.17) is 9.47 Å². The maximum absolute atomic E-state index is 15.4. The first-order chi connectivity index (χ1) is 13.0. The lowest BCUT2D eigenvalue weighted by atomic mass is 9.84. The van der Waals surface area contributed by atoms with Crippen molar-refractivity contribution in [1.82, 2.24) is 24.5 Å². The van der Waals surface area contributed by atoms with Crippen molar-refractivity contribution >= 4 is 27.8 Å². The molecule has 1 spiro atoms. The van der Waals surface area contributed by atoms with Gasteiger partial charge in [-0.1, -0.05) is 0 Å². The summed E-state index contributed by atoms with van der Waals surface area (Å²) in [4.78, 5) is 35.2. The summed E-state index contributed by atoms with van der Waals surface area (Å²) >= 11 is 3.18. The zero-order valence-electron chi connectivity index (χ0n) is 16.0. The highest BCUT2D eigenvalue weighted by Gasteiger charge is 2.56. The Kier molecular flexibility index (Phi) is 4.31. The highest BCUT2D eigenvalue weighted by Crippen LogP contribution is 2.48. The van der Waals surface area contributed by atoms with E-state index in [1.807, 2.05) is 0 Å². The molecular weight excluding hydrogens is 437 g/mol. The van der Waals surface area contributed by atoms with E-state index in [2.05, 4.69) is 31.0 Å². The van der Waals surface area contributed by atoms with Crippen molar-refractivity contribution < 1.29 is 18.7 Å². The van der Waals surface area contributed by atoms with Crippen LogP contribution in [-0.4, -0.2) is 55.4 Å². The Labute approximate surface area is 168 Å². The van der Waals surface area contributed by atoms with Gasteiger partial charge >= 0.3 is 6.09 Å². The fourth-order valence-corrected chi connectivity index (χ4v) is 4.16. The summed E-state index contributed by atoms with van der Waals surface area (Å²) in [7, 11) is 0. The number of likely N-dealkylation sites (tertiary alicyclic amines) is 1. The average Bonchev–Trinajstić information content (AvgIpc) is 3.08. The third-order valence-electron chi connectivity index (χ3n) is 4.98. The van der Waals surface area contributed by atoms with Gasteiger partial charge in [0.15, 0.2) is 10.9 Å². The Morgan fingerprint density at radius 3 is 2.79 bits per heavy atom. The Morgan fingerprint density at radius 1 is 1.43 bits per heavy atom. The van der Waals surface area contributed by atoms with Gasteiger partial charge in [0.2, 0.25) is 0 Å². The molecule has 9 nitrogen and oxygen atoms in total. The standard InChI is InChI=1S/C17H21BrFN5O4/c1-8-11-10(12(25)24-14(20-11)21-13(18)22-24)17(27-8)5-6-23(7-9(17)19)15(26)28-16(2,3)4/h8-9H,5-7H2,1-4H3,(H,20,21,22). The number of rotatable bonds is 0. The second-order valence-corrected chi connectivity index (χ2v) is 8.87. The summed E-state index contributed by atoms with van der Waals surface area (Å²) in [6.07, 6.45) is -2.62. The quantitative estimate of drug-likeness (QED) is 0.651. The number of halogens is 2. The van der Waals surface area contributed by atoms with Crippen LogP contribution in [0.5, 0.6) is 0 Å². The van der Waals surface area contributed by atoms with E-state index in [9.17, 15) is 9.59 Å². The summed E-state index contributed by atoms with van der Waals surface area (Å²) in [5, 5.41) is 2.75. The van der Waals surface area contributed by atoms with Gasteiger partial charge in [0, 0.05) is 13.0 Å². The first-order valence-corrected chi connectivity index (χ1v) is 9.79. The number of H-pyrrole nitrogens is 1. The molecule has 2 aromatic rings. The van der Waals surface area contributed by atoms with Crippen molar-refractivity contribution in [3.05, 3.63) is 26.3 Å². The summed E-state index contributed by atoms with van der Waals surface area (Å²) in [6.45, 7) is 6.96. The number of hydrogen-bond donors (Lipinski definition) is 1. The Hall–Kier alpha value is -2.01. The number of ether oxygens (including phenoxy) is 2. The van der Waals surface area contributed by atoms with Gasteiger partial charge in [-0.15, -0.1) is 0 Å². The number of nitrogens with one attached hydrogen (secondary N) is 1. The number of aromatic amines is 1. The number of piperidine rings is 1. The lowest BCUT2D eigenvalue weighted by Gasteiger charge is -2.41. The zero-order chi connectivity index (χ0) is 20.4. The van der Waals surface area contributed by atoms with Gasteiger partial charge in [0.05, 0.1) is 23.9 Å². The lowest BCUT2D eigenvalue weighted by Crippen LogP contribution is -2.55. The second kappa shape index (κ2) is 6.24. The topological polar surface area (TPSA) is 102 Å². The number of aromatic nitrogens is 4. The normalized spacial score (nSPS) is 27.4. The number of carbonyl (C=O) groups excluding carboxylic acids is 1. The van der Waals surface area contributed by atoms with Crippen LogP contribution in [0, 0.1) is 0 Å². The van der Waals surface area contributed by atoms with E-state index in [1.54, 1.807) is 27.7 Å². The molecule has 0 aliphatic carbocycles. The van der Waals surface area contributed by atoms with E-state index < -0.39 is 35.1 Å². The van der Waals surface area contributed by atoms with Gasteiger partial charge in [-0.3, -0.25) is 9.89 Å². The molecule has 1 amide bonds. The molecule has 0 aromatic carbocycles. The van der Waals surface area contributed by atoms with Crippen molar-refractivity contribution in [1.29, 1.82) is 0 Å². The largest absolute Gasteiger partial charge is 0.444 e. The van der Waals surface area contributed by atoms with Crippen molar-refractivity contribution in [2.75, 3.05) is 13.1 Å². The van der Waals surface area contributed by atoms with Gasteiger partial charge in [0.1, 0.15) is 11.2 Å². The lowest BCUT2D eigenvalue weighted by molar-refractivity contribution is -0.146. The minimum absolute atomic E-state index is 0.128. The highest BCUT2D eigenvalue weighted by atomic mass is 79.9. The molecule has 3 atom stereocenters. The number of fused-ring (bicyclic) bond motifs is 3. The molecule has 11 heteroatoms. The number of carbonyl (C=O) groups is 1. The van der Waals surface area contributed by atoms with Crippen LogP contribution < -0.4 is 5.56 Å². The third-order valence-corrected chi connectivity index (χ3v) is 5.34. The SMILES string of the molecule is CC1OC2(CCN(C(=O)OC(C)(C)C)CC2F)c2c1nc1nc(Br)[nH]n1c2=O. The summed E-state index contributed by atoms with van der Waals surface area (Å²) < 4.78 is 28.3. The first-order valence-electron chi connectivity index (χ1n) is 9.00. The predicted molar refractivity (Wildman–Crippen MR) is 99.8 cm³/mol. The molecule has 0 radical (unpaired) electrons. The minimum atomic E-state index is -1.60. The molecule has 0 saturated carbocycles. The van der Waals surface area contributed by atoms with Crippen LogP contribution in [0.15, 0.2) is 9.53 Å². The molecule has 0 bridgehead atoms. The van der Waals surface area contributed by atoms with Crippen molar-refractivity contribution in [2.24, 2.45) is 0 Å². The first kappa shape index (κ1) is 19.3. The molecule has 152 valence electrons. The molecule has 1 fully saturated rings. The Bertz CT molecular complexity index is 1020. The van der Waals surface area contributed by atoms with E-state index in [1.165, 1.54) is 9.42 Å². The van der Waals surface area contributed by atoms with Gasteiger partial charge < -0.3 is 14.4 Å². The highest BCUT2D eigenvalue weighted by molar-refractivity contribution is 9.10. The van der Waals surface area contributed by atoms with Gasteiger partial charge in [-0.05, 0) is 43.6 Å². The Balaban J connectivity index is 1.71. The smallest absolute Gasteiger partial charge is 0.410 e. The summed E-state index contributed by atoms with van der Waals surface area (Å²) in [5.74, 6) is 0.185. The predicted octanol–water partition coefficient (Wildman–Crippen LogP) is 2.45. The fraction of sp³-hybridized carbons (Fsp3) is 0.647. The number of hydrogen-bond acceptors (Lipinski definition) is 6. The maximum atomic E-state index is 15.4. The molecule has 2 aliphatic heterocycles. The van der Waals surface area contributed by atoms with Crippen LogP contribution in [-0.2, 0) is 15.1 Å². The minimum Gasteiger partial charge on any atom is -0.444 e. The van der Waals surface area contributed by atoms with E-state index in [0.717, 1.165) is 0 Å². The number of amides is 1. The zero-order valence-corrected chi connectivity index (χ0v) is 17.5. The van der Waals surface area contributed by atoms with Crippen molar-refractivity contribution in [3.8, 4) is 0 Å². The van der Waals surface area contributed by atoms with Crippen LogP contribution >= 0.6 is 15.9 Å².